The number of aliphatic hydroxyl groups is 1. The first-order chi connectivity index (χ1) is 18.6. The molecule has 0 radical (unpaired) electrons. The highest BCUT2D eigenvalue weighted by Crippen LogP contribution is 2.45. The molecule has 3 saturated heterocycles. The van der Waals surface area contributed by atoms with Crippen molar-refractivity contribution in [2.75, 3.05) is 37.8 Å². The highest BCUT2D eigenvalue weighted by Gasteiger charge is 2.50. The Morgan fingerprint density at radius 2 is 1.53 bits per heavy atom. The predicted octanol–water partition coefficient (Wildman–Crippen LogP) is 4.08. The molecule has 1 aromatic heterocycles. The van der Waals surface area contributed by atoms with E-state index in [9.17, 15) is 9.90 Å². The van der Waals surface area contributed by atoms with E-state index in [0.29, 0.717) is 31.6 Å². The summed E-state index contributed by atoms with van der Waals surface area (Å²) in [7, 11) is 0. The number of hydrogen-bond acceptors (Lipinski definition) is 7. The van der Waals surface area contributed by atoms with Gasteiger partial charge in [-0.15, -0.1) is 0 Å². The van der Waals surface area contributed by atoms with Crippen LogP contribution < -0.4 is 4.90 Å². The number of ether oxygens (including phenoxy) is 2. The molecule has 8 heteroatoms. The van der Waals surface area contributed by atoms with E-state index in [2.05, 4.69) is 39.1 Å². The Hall–Kier alpha value is -3.49. The van der Waals surface area contributed by atoms with Crippen molar-refractivity contribution >= 4 is 12.0 Å². The fraction of sp³-hybridized carbons (Fsp3) is 0.433. The summed E-state index contributed by atoms with van der Waals surface area (Å²) in [6.07, 6.45) is 6.20. The van der Waals surface area contributed by atoms with E-state index in [1.54, 1.807) is 17.3 Å². The number of piperidine rings is 1. The van der Waals surface area contributed by atoms with Gasteiger partial charge in [0.15, 0.2) is 0 Å². The summed E-state index contributed by atoms with van der Waals surface area (Å²) in [5.41, 5.74) is 4.38. The predicted molar refractivity (Wildman–Crippen MR) is 142 cm³/mol. The molecule has 2 bridgehead atoms. The first-order valence-electron chi connectivity index (χ1n) is 13.6. The van der Waals surface area contributed by atoms with Crippen molar-refractivity contribution in [3.8, 4) is 11.1 Å². The number of nitrogens with zero attached hydrogens (tertiary/aromatic N) is 4. The van der Waals surface area contributed by atoms with Crippen LogP contribution in [0.25, 0.3) is 11.1 Å². The Bertz CT molecular complexity index is 1280. The number of hydrogen-bond donors (Lipinski definition) is 1. The number of aromatic nitrogens is 2. The van der Waals surface area contributed by atoms with Crippen LogP contribution in [0, 0.1) is 0 Å². The van der Waals surface area contributed by atoms with Gasteiger partial charge in [-0.3, -0.25) is 4.90 Å². The molecule has 2 unspecified atom stereocenters. The maximum Gasteiger partial charge on any atom is 0.410 e. The maximum atomic E-state index is 13.5. The first-order valence-corrected chi connectivity index (χ1v) is 13.6. The second-order valence-corrected chi connectivity index (χ2v) is 11.0. The fourth-order valence-corrected chi connectivity index (χ4v) is 6.82. The fourth-order valence-electron chi connectivity index (χ4n) is 6.82. The van der Waals surface area contributed by atoms with Gasteiger partial charge in [-0.2, -0.15) is 0 Å². The number of anilines is 1. The minimum Gasteiger partial charge on any atom is -0.448 e. The van der Waals surface area contributed by atoms with Gasteiger partial charge in [-0.05, 0) is 35.1 Å². The van der Waals surface area contributed by atoms with Crippen LogP contribution in [0.15, 0.2) is 60.9 Å². The van der Waals surface area contributed by atoms with E-state index in [1.807, 2.05) is 24.3 Å². The SMILES string of the molecule is O=C(OCC1c2ccccc2-c2ccccc21)N1C2COCC1CC(O)(c1cnc(N3CCCC3)nc1)C2. The molecule has 38 heavy (non-hydrogen) atoms. The average Bonchev–Trinajstić information content (AvgIpc) is 3.59. The Morgan fingerprint density at radius 1 is 0.947 bits per heavy atom. The molecule has 4 heterocycles. The van der Waals surface area contributed by atoms with Crippen molar-refractivity contribution in [3.63, 3.8) is 0 Å². The highest BCUT2D eigenvalue weighted by atomic mass is 16.6. The van der Waals surface area contributed by atoms with Crippen LogP contribution in [0.3, 0.4) is 0 Å². The summed E-state index contributed by atoms with van der Waals surface area (Å²) in [5, 5.41) is 11.7. The molecular weight excluding hydrogens is 480 g/mol. The van der Waals surface area contributed by atoms with Crippen LogP contribution in [-0.4, -0.2) is 71.1 Å². The smallest absolute Gasteiger partial charge is 0.410 e. The number of amides is 1. The van der Waals surface area contributed by atoms with Gasteiger partial charge in [0, 0.05) is 49.8 Å². The molecule has 1 N–H and O–H groups in total. The minimum absolute atomic E-state index is 0.00966. The summed E-state index contributed by atoms with van der Waals surface area (Å²) >= 11 is 0. The molecule has 1 aliphatic carbocycles. The molecule has 3 fully saturated rings. The molecule has 1 amide bonds. The molecular formula is C30H32N4O4. The van der Waals surface area contributed by atoms with E-state index in [4.69, 9.17) is 9.47 Å². The van der Waals surface area contributed by atoms with Gasteiger partial charge in [-0.1, -0.05) is 48.5 Å². The number of carbonyl (C=O) groups excluding carboxylic acids is 1. The molecule has 7 rings (SSSR count). The number of fused-ring (bicyclic) bond motifs is 5. The van der Waals surface area contributed by atoms with Crippen LogP contribution in [0.1, 0.15) is 48.3 Å². The number of benzene rings is 2. The summed E-state index contributed by atoms with van der Waals surface area (Å²) in [4.78, 5) is 26.6. The Labute approximate surface area is 222 Å². The van der Waals surface area contributed by atoms with Crippen molar-refractivity contribution in [1.82, 2.24) is 14.9 Å². The summed E-state index contributed by atoms with van der Waals surface area (Å²) in [5.74, 6) is 0.727. The van der Waals surface area contributed by atoms with Crippen molar-refractivity contribution in [3.05, 3.63) is 77.6 Å². The van der Waals surface area contributed by atoms with Crippen LogP contribution in [0.5, 0.6) is 0 Å². The standard InChI is InChI=1S/C30H32N4O4/c35-29(38-19-27-25-9-3-1-7-23(25)24-8-2-4-10-26(24)27)34-21-13-30(36,14-22(34)18-37-17-21)20-15-31-28(32-16-20)33-11-5-6-12-33/h1-4,7-10,15-16,21-22,27,36H,5-6,11-14,17-19H2. The zero-order chi connectivity index (χ0) is 25.7. The molecule has 8 nitrogen and oxygen atoms in total. The molecule has 3 aliphatic heterocycles. The number of rotatable bonds is 4. The van der Waals surface area contributed by atoms with Gasteiger partial charge in [0.2, 0.25) is 5.95 Å². The molecule has 4 aliphatic rings. The van der Waals surface area contributed by atoms with Crippen molar-refractivity contribution in [2.45, 2.75) is 49.3 Å². The van der Waals surface area contributed by atoms with Gasteiger partial charge in [0.1, 0.15) is 6.61 Å². The zero-order valence-corrected chi connectivity index (χ0v) is 21.3. The minimum atomic E-state index is -1.11. The van der Waals surface area contributed by atoms with Crippen molar-refractivity contribution in [1.29, 1.82) is 0 Å². The molecule has 196 valence electrons. The van der Waals surface area contributed by atoms with Gasteiger partial charge in [-0.25, -0.2) is 14.8 Å². The molecule has 2 atom stereocenters. The maximum absolute atomic E-state index is 13.5. The number of morpholine rings is 1. The molecule has 0 saturated carbocycles. The lowest BCUT2D eigenvalue weighted by Crippen LogP contribution is -2.62. The number of carbonyl (C=O) groups is 1. The molecule has 2 aromatic carbocycles. The zero-order valence-electron chi connectivity index (χ0n) is 21.3. The molecule has 3 aromatic rings. The normalized spacial score (nSPS) is 26.2. The topological polar surface area (TPSA) is 88.0 Å². The van der Waals surface area contributed by atoms with Gasteiger partial charge >= 0.3 is 6.09 Å². The third-order valence-electron chi connectivity index (χ3n) is 8.67. The van der Waals surface area contributed by atoms with Gasteiger partial charge < -0.3 is 19.5 Å². The molecule has 0 spiro atoms. The lowest BCUT2D eigenvalue weighted by molar-refractivity contribution is -0.136. The lowest BCUT2D eigenvalue weighted by Gasteiger charge is -2.50. The van der Waals surface area contributed by atoms with Crippen molar-refractivity contribution in [2.24, 2.45) is 0 Å². The van der Waals surface area contributed by atoms with Crippen LogP contribution in [0.4, 0.5) is 10.7 Å². The van der Waals surface area contributed by atoms with E-state index >= 15 is 0 Å². The van der Waals surface area contributed by atoms with Gasteiger partial charge in [0.25, 0.3) is 0 Å². The Kier molecular flexibility index (Phi) is 5.82. The lowest BCUT2D eigenvalue weighted by atomic mass is 9.78. The first kappa shape index (κ1) is 23.6. The highest BCUT2D eigenvalue weighted by molar-refractivity contribution is 5.79. The third-order valence-corrected chi connectivity index (χ3v) is 8.67. The quantitative estimate of drug-likeness (QED) is 0.564. The second-order valence-electron chi connectivity index (χ2n) is 11.0. The largest absolute Gasteiger partial charge is 0.448 e. The van der Waals surface area contributed by atoms with E-state index < -0.39 is 5.60 Å². The van der Waals surface area contributed by atoms with E-state index in [1.165, 1.54) is 22.3 Å². The summed E-state index contributed by atoms with van der Waals surface area (Å²) in [6, 6.07) is 16.1. The monoisotopic (exact) mass is 512 g/mol. The summed E-state index contributed by atoms with van der Waals surface area (Å²) < 4.78 is 11.8. The van der Waals surface area contributed by atoms with Gasteiger partial charge in [0.05, 0.1) is 30.9 Å². The van der Waals surface area contributed by atoms with Crippen LogP contribution in [0.2, 0.25) is 0 Å². The summed E-state index contributed by atoms with van der Waals surface area (Å²) in [6.45, 7) is 2.96. The second kappa shape index (κ2) is 9.36. The van der Waals surface area contributed by atoms with E-state index in [-0.39, 0.29) is 30.7 Å². The van der Waals surface area contributed by atoms with E-state index in [0.717, 1.165) is 31.9 Å². The Balaban J connectivity index is 1.06. The van der Waals surface area contributed by atoms with Crippen molar-refractivity contribution < 1.29 is 19.4 Å². The third kappa shape index (κ3) is 3.94. The average molecular weight is 513 g/mol. The van der Waals surface area contributed by atoms with Crippen LogP contribution >= 0.6 is 0 Å². The van der Waals surface area contributed by atoms with Crippen LogP contribution in [-0.2, 0) is 15.1 Å². The Morgan fingerprint density at radius 3 is 2.13 bits per heavy atom.